The average molecular weight is 424 g/mol. The number of hydrogen-bond donors (Lipinski definition) is 1. The molecule has 0 unspecified atom stereocenters. The minimum atomic E-state index is 0.0755. The van der Waals surface area contributed by atoms with Gasteiger partial charge in [-0.05, 0) is 74.5 Å². The van der Waals surface area contributed by atoms with Gasteiger partial charge in [0.25, 0.3) is 0 Å². The van der Waals surface area contributed by atoms with Gasteiger partial charge in [-0.2, -0.15) is 0 Å². The number of benzene rings is 1. The van der Waals surface area contributed by atoms with E-state index in [0.29, 0.717) is 11.8 Å². The highest BCUT2D eigenvalue weighted by Crippen LogP contribution is 2.56. The number of anilines is 1. The molecule has 4 aliphatic rings. The van der Waals surface area contributed by atoms with Crippen molar-refractivity contribution in [3.8, 4) is 0 Å². The molecule has 1 aromatic rings. The summed E-state index contributed by atoms with van der Waals surface area (Å²) < 4.78 is 6.00. The van der Waals surface area contributed by atoms with Crippen molar-refractivity contribution in [3.63, 3.8) is 0 Å². The molecule has 0 aromatic heterocycles. The summed E-state index contributed by atoms with van der Waals surface area (Å²) in [6.07, 6.45) is 5.96. The molecule has 0 bridgehead atoms. The SMILES string of the molecule is C=C1CCC[C@@]2(C)C[C@H]3OC(=O)[C@@H](C[NH+]4CCN(c5cccc(C)c5C)CC4)[C@H]3C[C@@H]12. The van der Waals surface area contributed by atoms with Crippen LogP contribution in [0.4, 0.5) is 5.69 Å². The predicted octanol–water partition coefficient (Wildman–Crippen LogP) is 3.32. The van der Waals surface area contributed by atoms with E-state index in [0.717, 1.165) is 45.6 Å². The van der Waals surface area contributed by atoms with Crippen LogP contribution in [0.2, 0.25) is 0 Å². The first-order chi connectivity index (χ1) is 14.9. The van der Waals surface area contributed by atoms with Crippen molar-refractivity contribution < 1.29 is 14.4 Å². The zero-order chi connectivity index (χ0) is 21.8. The normalized spacial score (nSPS) is 36.2. The number of allylic oxidation sites excluding steroid dienone is 1. The number of hydrogen-bond acceptors (Lipinski definition) is 3. The van der Waals surface area contributed by atoms with Crippen molar-refractivity contribution in [2.45, 2.75) is 59.0 Å². The molecule has 4 nitrogen and oxygen atoms in total. The fourth-order valence-corrected chi connectivity index (χ4v) is 7.15. The molecule has 4 fully saturated rings. The largest absolute Gasteiger partial charge is 0.462 e. The van der Waals surface area contributed by atoms with Crippen LogP contribution in [0.5, 0.6) is 0 Å². The topological polar surface area (TPSA) is 34.0 Å². The third-order valence-electron chi connectivity index (χ3n) is 9.22. The molecule has 2 saturated carbocycles. The number of nitrogens with zero attached hydrogens (tertiary/aromatic N) is 1. The molecular weight excluding hydrogens is 384 g/mol. The summed E-state index contributed by atoms with van der Waals surface area (Å²) in [6, 6.07) is 6.61. The van der Waals surface area contributed by atoms with Crippen LogP contribution in [0.1, 0.15) is 50.2 Å². The van der Waals surface area contributed by atoms with Crippen LogP contribution in [-0.4, -0.2) is 44.8 Å². The minimum absolute atomic E-state index is 0.0755. The van der Waals surface area contributed by atoms with E-state index in [1.54, 1.807) is 4.90 Å². The third kappa shape index (κ3) is 3.71. The highest BCUT2D eigenvalue weighted by atomic mass is 16.6. The Hall–Kier alpha value is -1.81. The Bertz CT molecular complexity index is 872. The third-order valence-corrected chi connectivity index (χ3v) is 9.22. The number of rotatable bonds is 3. The molecule has 2 aliphatic carbocycles. The molecule has 1 N–H and O–H groups in total. The maximum Gasteiger partial charge on any atom is 0.315 e. The number of esters is 1. The Labute approximate surface area is 187 Å². The number of ether oxygens (including phenoxy) is 1. The molecule has 5 atom stereocenters. The van der Waals surface area contributed by atoms with E-state index in [-0.39, 0.29) is 23.4 Å². The van der Waals surface area contributed by atoms with Gasteiger partial charge in [0.05, 0.1) is 32.7 Å². The lowest BCUT2D eigenvalue weighted by Crippen LogP contribution is -3.15. The monoisotopic (exact) mass is 423 g/mol. The van der Waals surface area contributed by atoms with Gasteiger partial charge in [0.1, 0.15) is 12.0 Å². The van der Waals surface area contributed by atoms with E-state index in [9.17, 15) is 4.79 Å². The minimum Gasteiger partial charge on any atom is -0.462 e. The summed E-state index contributed by atoms with van der Waals surface area (Å²) in [4.78, 5) is 17.0. The Morgan fingerprint density at radius 2 is 2.03 bits per heavy atom. The molecule has 0 amide bonds. The average Bonchev–Trinajstić information content (AvgIpc) is 3.03. The Morgan fingerprint density at radius 1 is 1.26 bits per heavy atom. The lowest BCUT2D eigenvalue weighted by molar-refractivity contribution is -0.903. The van der Waals surface area contributed by atoms with Crippen LogP contribution in [0.3, 0.4) is 0 Å². The first-order valence-corrected chi connectivity index (χ1v) is 12.4. The smallest absolute Gasteiger partial charge is 0.315 e. The van der Waals surface area contributed by atoms with Gasteiger partial charge < -0.3 is 14.5 Å². The van der Waals surface area contributed by atoms with Crippen molar-refractivity contribution in [2.75, 3.05) is 37.6 Å². The molecule has 2 saturated heterocycles. The van der Waals surface area contributed by atoms with Gasteiger partial charge >= 0.3 is 5.97 Å². The zero-order valence-electron chi connectivity index (χ0n) is 19.6. The van der Waals surface area contributed by atoms with Gasteiger partial charge in [0.2, 0.25) is 0 Å². The first kappa shape index (κ1) is 21.1. The van der Waals surface area contributed by atoms with Gasteiger partial charge in [0.15, 0.2) is 0 Å². The summed E-state index contributed by atoms with van der Waals surface area (Å²) in [5.41, 5.74) is 5.85. The van der Waals surface area contributed by atoms with Crippen LogP contribution in [0.15, 0.2) is 30.4 Å². The molecule has 31 heavy (non-hydrogen) atoms. The zero-order valence-corrected chi connectivity index (χ0v) is 19.6. The van der Waals surface area contributed by atoms with E-state index in [4.69, 9.17) is 4.74 Å². The molecule has 0 spiro atoms. The molecule has 168 valence electrons. The lowest BCUT2D eigenvalue weighted by Gasteiger charge is -2.50. The summed E-state index contributed by atoms with van der Waals surface area (Å²) >= 11 is 0. The molecule has 0 radical (unpaired) electrons. The summed E-state index contributed by atoms with van der Waals surface area (Å²) in [7, 11) is 0. The van der Waals surface area contributed by atoms with Crippen LogP contribution in [0.25, 0.3) is 0 Å². The number of carbonyl (C=O) groups excluding carboxylic acids is 1. The second kappa shape index (κ2) is 7.95. The maximum absolute atomic E-state index is 12.9. The van der Waals surface area contributed by atoms with Crippen molar-refractivity contribution in [1.29, 1.82) is 0 Å². The molecule has 2 aliphatic heterocycles. The second-order valence-corrected chi connectivity index (χ2v) is 11.1. The lowest BCUT2D eigenvalue weighted by atomic mass is 9.55. The molecule has 1 aromatic carbocycles. The van der Waals surface area contributed by atoms with Gasteiger partial charge in [-0.25, -0.2) is 0 Å². The van der Waals surface area contributed by atoms with Crippen LogP contribution >= 0.6 is 0 Å². The summed E-state index contributed by atoms with van der Waals surface area (Å²) in [6.45, 7) is 16.5. The Kier molecular flexibility index (Phi) is 5.40. The van der Waals surface area contributed by atoms with Gasteiger partial charge in [-0.1, -0.05) is 31.2 Å². The number of nitrogens with one attached hydrogen (secondary N) is 1. The van der Waals surface area contributed by atoms with Crippen molar-refractivity contribution in [2.24, 2.45) is 23.2 Å². The highest BCUT2D eigenvalue weighted by Gasteiger charge is 2.56. The predicted molar refractivity (Wildman–Crippen MR) is 124 cm³/mol. The van der Waals surface area contributed by atoms with Gasteiger partial charge in [-0.15, -0.1) is 0 Å². The van der Waals surface area contributed by atoms with Crippen molar-refractivity contribution in [3.05, 3.63) is 41.5 Å². The van der Waals surface area contributed by atoms with Crippen LogP contribution < -0.4 is 9.80 Å². The summed E-state index contributed by atoms with van der Waals surface area (Å²) in [5.74, 6) is 1.12. The Balaban J connectivity index is 1.23. The highest BCUT2D eigenvalue weighted by molar-refractivity contribution is 5.75. The fraction of sp³-hybridized carbons (Fsp3) is 0.667. The first-order valence-electron chi connectivity index (χ1n) is 12.4. The standard InChI is InChI=1S/C27H38N2O2/c1-18-7-5-9-24(20(18)3)29-13-11-28(12-14-29)17-22-21-15-23-19(2)8-6-10-27(23,4)16-25(21)31-26(22)30/h5,7,9,21-23,25H,2,6,8,10-17H2,1,3-4H3/p+1/t21-,22+,23+,25-,27+/m1/s1. The molecule has 4 heteroatoms. The maximum atomic E-state index is 12.9. The van der Waals surface area contributed by atoms with Gasteiger partial charge in [-0.3, -0.25) is 4.79 Å². The number of piperazine rings is 1. The van der Waals surface area contributed by atoms with Crippen LogP contribution in [-0.2, 0) is 9.53 Å². The second-order valence-electron chi connectivity index (χ2n) is 11.1. The van der Waals surface area contributed by atoms with Crippen LogP contribution in [0, 0.1) is 37.0 Å². The Morgan fingerprint density at radius 3 is 2.81 bits per heavy atom. The quantitative estimate of drug-likeness (QED) is 0.598. The summed E-state index contributed by atoms with van der Waals surface area (Å²) in [5, 5.41) is 0. The van der Waals surface area contributed by atoms with E-state index < -0.39 is 0 Å². The van der Waals surface area contributed by atoms with Crippen molar-refractivity contribution >= 4 is 11.7 Å². The fourth-order valence-electron chi connectivity index (χ4n) is 7.15. The molecular formula is C27H39N2O2+. The van der Waals surface area contributed by atoms with E-state index >= 15 is 0 Å². The van der Waals surface area contributed by atoms with E-state index in [2.05, 4.69) is 50.4 Å². The number of carbonyl (C=O) groups is 1. The molecule has 2 heterocycles. The molecule has 5 rings (SSSR count). The number of aryl methyl sites for hydroxylation is 1. The van der Waals surface area contributed by atoms with Crippen molar-refractivity contribution in [1.82, 2.24) is 0 Å². The number of quaternary nitrogens is 1. The van der Waals surface area contributed by atoms with E-state index in [1.165, 1.54) is 41.6 Å². The van der Waals surface area contributed by atoms with Gasteiger partial charge in [0, 0.05) is 11.6 Å². The van der Waals surface area contributed by atoms with E-state index in [1.807, 2.05) is 0 Å². The number of fused-ring (bicyclic) bond motifs is 2.